The van der Waals surface area contributed by atoms with Gasteiger partial charge in [0.2, 0.25) is 12.1 Å². The summed E-state index contributed by atoms with van der Waals surface area (Å²) in [5.74, 6) is 0.0190. The maximum atomic E-state index is 13.4. The van der Waals surface area contributed by atoms with Crippen LogP contribution in [0.4, 0.5) is 5.69 Å². The van der Waals surface area contributed by atoms with E-state index in [0.29, 0.717) is 17.4 Å². The topological polar surface area (TPSA) is 68.5 Å². The molecule has 0 atom stereocenters. The molecule has 2 N–H and O–H groups in total. The lowest BCUT2D eigenvalue weighted by molar-refractivity contribution is -0.830. The Balaban J connectivity index is 1.58. The van der Waals surface area contributed by atoms with E-state index < -0.39 is 0 Å². The minimum absolute atomic E-state index is 0.0215. The molecule has 0 spiro atoms. The molecule has 31 heavy (non-hydrogen) atoms. The van der Waals surface area contributed by atoms with Crippen molar-refractivity contribution in [1.82, 2.24) is 0 Å². The molecule has 0 radical (unpaired) electrons. The maximum Gasteiger partial charge on any atom is 0.632 e. The molecule has 1 fully saturated rings. The Hall–Kier alpha value is -3.15. The number of aromatic hydroxyl groups is 2. The van der Waals surface area contributed by atoms with E-state index >= 15 is 0 Å². The van der Waals surface area contributed by atoms with E-state index in [9.17, 15) is 15.0 Å². The fraction of sp³-hybridized carbons (Fsp3) is 0.400. The van der Waals surface area contributed by atoms with Crippen molar-refractivity contribution in [3.05, 3.63) is 54.1 Å². The van der Waals surface area contributed by atoms with Crippen molar-refractivity contribution in [3.8, 4) is 11.9 Å². The second-order valence-corrected chi connectivity index (χ2v) is 8.67. The highest BCUT2D eigenvalue weighted by Gasteiger charge is 2.40. The van der Waals surface area contributed by atoms with Crippen LogP contribution in [-0.2, 0) is 17.8 Å². The van der Waals surface area contributed by atoms with E-state index in [0.717, 1.165) is 44.2 Å². The largest absolute Gasteiger partial charge is 0.632 e. The molecule has 1 aromatic heterocycles. The van der Waals surface area contributed by atoms with Gasteiger partial charge in [0.05, 0.1) is 0 Å². The smallest absolute Gasteiger partial charge is 0.459 e. The van der Waals surface area contributed by atoms with E-state index in [1.54, 1.807) is 9.13 Å². The molecule has 3 aromatic rings. The number of benzene rings is 2. The molecule has 2 heterocycles. The number of rotatable bonds is 3. The first kappa shape index (κ1) is 19.8. The molecule has 6 heteroatoms. The fourth-order valence-corrected chi connectivity index (χ4v) is 5.21. The van der Waals surface area contributed by atoms with Crippen molar-refractivity contribution in [3.63, 3.8) is 0 Å². The number of para-hydroxylation sites is 2. The highest BCUT2D eigenvalue weighted by Crippen LogP contribution is 2.30. The average Bonchev–Trinajstić information content (AvgIpc) is 2.82. The molecule has 6 nitrogen and oxygen atoms in total. The normalized spacial score (nSPS) is 17.0. The molecule has 1 saturated carbocycles. The van der Waals surface area contributed by atoms with Crippen LogP contribution in [0.2, 0.25) is 0 Å². The van der Waals surface area contributed by atoms with Gasteiger partial charge in [0, 0.05) is 31.1 Å². The van der Waals surface area contributed by atoms with Crippen LogP contribution in [0.15, 0.2) is 48.5 Å². The molecular formula is C25H29N3O3+2. The molecule has 1 amide bonds. The van der Waals surface area contributed by atoms with E-state index in [1.165, 1.54) is 12.0 Å². The lowest BCUT2D eigenvalue weighted by atomic mass is 9.95. The quantitative estimate of drug-likeness (QED) is 0.640. The number of aryl methyl sites for hydroxylation is 1. The summed E-state index contributed by atoms with van der Waals surface area (Å²) in [6.45, 7) is 0.698. The summed E-state index contributed by atoms with van der Waals surface area (Å²) in [5, 5.41) is 22.9. The summed E-state index contributed by atoms with van der Waals surface area (Å²) in [6, 6.07) is 15.5. The zero-order chi connectivity index (χ0) is 21.4. The zero-order valence-electron chi connectivity index (χ0n) is 17.7. The van der Waals surface area contributed by atoms with E-state index in [-0.39, 0.29) is 30.4 Å². The number of hydrogen-bond donors (Lipinski definition) is 2. The van der Waals surface area contributed by atoms with Gasteiger partial charge in [-0.15, -0.1) is 0 Å². The SMILES string of the molecule is O=C(C[n+]1c(O)[n+](C2CCCCC2)c(O)c2ccccc21)N1CCCc2ccccc21. The average molecular weight is 420 g/mol. The zero-order valence-corrected chi connectivity index (χ0v) is 17.7. The maximum absolute atomic E-state index is 13.4. The first-order valence-electron chi connectivity index (χ1n) is 11.3. The van der Waals surface area contributed by atoms with E-state index in [4.69, 9.17) is 0 Å². The summed E-state index contributed by atoms with van der Waals surface area (Å²) in [7, 11) is 0. The van der Waals surface area contributed by atoms with Crippen LogP contribution in [0.1, 0.15) is 50.1 Å². The molecule has 2 aromatic carbocycles. The predicted molar refractivity (Wildman–Crippen MR) is 117 cm³/mol. The third-order valence-corrected chi connectivity index (χ3v) is 6.77. The Morgan fingerprint density at radius 2 is 1.71 bits per heavy atom. The van der Waals surface area contributed by atoms with Crippen LogP contribution in [0, 0.1) is 0 Å². The minimum Gasteiger partial charge on any atom is -0.459 e. The van der Waals surface area contributed by atoms with Gasteiger partial charge in [-0.2, -0.15) is 0 Å². The van der Waals surface area contributed by atoms with Crippen LogP contribution < -0.4 is 14.0 Å². The first-order chi connectivity index (χ1) is 15.1. The summed E-state index contributed by atoms with van der Waals surface area (Å²) in [5.41, 5.74) is 2.80. The number of anilines is 1. The summed E-state index contributed by atoms with van der Waals surface area (Å²) >= 11 is 0. The van der Waals surface area contributed by atoms with Gasteiger partial charge in [-0.3, -0.25) is 4.79 Å². The Labute approximate surface area is 182 Å². The lowest BCUT2D eigenvalue weighted by Gasteiger charge is -2.28. The highest BCUT2D eigenvalue weighted by atomic mass is 16.3. The van der Waals surface area contributed by atoms with Crippen molar-refractivity contribution in [2.75, 3.05) is 11.4 Å². The summed E-state index contributed by atoms with van der Waals surface area (Å²) in [6.07, 6.45) is 7.06. The number of amides is 1. The van der Waals surface area contributed by atoms with Gasteiger partial charge in [0.25, 0.3) is 5.91 Å². The Kier molecular flexibility index (Phi) is 5.22. The van der Waals surface area contributed by atoms with E-state index in [1.807, 2.05) is 47.4 Å². The number of hydrogen-bond acceptors (Lipinski definition) is 3. The molecule has 160 valence electrons. The Morgan fingerprint density at radius 1 is 0.968 bits per heavy atom. The molecule has 0 saturated heterocycles. The standard InChI is InChI=1S/C25H27N3O3/c29-23(26-16-8-10-18-9-4-6-14-21(18)26)17-27-22-15-7-5-13-20(22)24(30)28(25(27)31)19-11-2-1-3-12-19/h4-7,9,13-15,19H,1-3,8,10-12,16-17H2/p+2. The third-order valence-electron chi connectivity index (χ3n) is 6.77. The van der Waals surface area contributed by atoms with Gasteiger partial charge in [-0.05, 0) is 43.4 Å². The van der Waals surface area contributed by atoms with Crippen LogP contribution in [-0.4, -0.2) is 22.7 Å². The Bertz CT molecular complexity index is 1140. The lowest BCUT2D eigenvalue weighted by Crippen LogP contribution is -2.54. The van der Waals surface area contributed by atoms with Crippen molar-refractivity contribution in [2.45, 2.75) is 57.5 Å². The fourth-order valence-electron chi connectivity index (χ4n) is 5.21. The van der Waals surface area contributed by atoms with E-state index in [2.05, 4.69) is 6.07 Å². The second-order valence-electron chi connectivity index (χ2n) is 8.67. The van der Waals surface area contributed by atoms with Gasteiger partial charge < -0.3 is 15.1 Å². The molecular weight excluding hydrogens is 390 g/mol. The van der Waals surface area contributed by atoms with Crippen LogP contribution in [0.25, 0.3) is 10.9 Å². The predicted octanol–water partition coefficient (Wildman–Crippen LogP) is 3.31. The second kappa shape index (κ2) is 8.17. The molecule has 1 aliphatic heterocycles. The van der Waals surface area contributed by atoms with Crippen LogP contribution >= 0.6 is 0 Å². The molecule has 5 rings (SSSR count). The summed E-state index contributed by atoms with van der Waals surface area (Å²) in [4.78, 5) is 15.3. The number of fused-ring (bicyclic) bond motifs is 2. The van der Waals surface area contributed by atoms with Crippen molar-refractivity contribution in [2.24, 2.45) is 0 Å². The van der Waals surface area contributed by atoms with Crippen molar-refractivity contribution < 1.29 is 24.1 Å². The third kappa shape index (κ3) is 3.50. The minimum atomic E-state index is -0.0570. The van der Waals surface area contributed by atoms with Crippen LogP contribution in [0.5, 0.6) is 11.9 Å². The van der Waals surface area contributed by atoms with Gasteiger partial charge in [0.1, 0.15) is 0 Å². The molecule has 1 aliphatic carbocycles. The summed E-state index contributed by atoms with van der Waals surface area (Å²) < 4.78 is 3.29. The number of carbonyl (C=O) groups is 1. The van der Waals surface area contributed by atoms with Gasteiger partial charge in [-0.25, -0.2) is 0 Å². The number of carbonyl (C=O) groups excluding carboxylic acids is 1. The monoisotopic (exact) mass is 419 g/mol. The Morgan fingerprint density at radius 3 is 2.55 bits per heavy atom. The van der Waals surface area contributed by atoms with Crippen molar-refractivity contribution in [1.29, 1.82) is 0 Å². The number of nitrogens with zero attached hydrogens (tertiary/aromatic N) is 3. The number of aromatic nitrogens is 2. The molecule has 0 bridgehead atoms. The van der Waals surface area contributed by atoms with Gasteiger partial charge in [0.15, 0.2) is 11.4 Å². The van der Waals surface area contributed by atoms with Crippen LogP contribution in [0.3, 0.4) is 0 Å². The molecule has 2 aliphatic rings. The van der Waals surface area contributed by atoms with Crippen molar-refractivity contribution >= 4 is 22.5 Å². The molecule has 0 unspecified atom stereocenters. The first-order valence-corrected chi connectivity index (χ1v) is 11.3. The van der Waals surface area contributed by atoms with Gasteiger partial charge >= 0.3 is 11.9 Å². The highest BCUT2D eigenvalue weighted by molar-refractivity contribution is 5.94. The van der Waals surface area contributed by atoms with Gasteiger partial charge in [-0.1, -0.05) is 45.9 Å².